The van der Waals surface area contributed by atoms with Crippen LogP contribution in [0.3, 0.4) is 0 Å². The summed E-state index contributed by atoms with van der Waals surface area (Å²) < 4.78 is 28.2. The van der Waals surface area contributed by atoms with Gasteiger partial charge in [-0.05, 0) is 30.5 Å². The lowest BCUT2D eigenvalue weighted by Crippen LogP contribution is -2.49. The topological polar surface area (TPSA) is 96.9 Å². The Labute approximate surface area is 181 Å². The van der Waals surface area contributed by atoms with Gasteiger partial charge in [-0.3, -0.25) is 9.88 Å². The van der Waals surface area contributed by atoms with Gasteiger partial charge in [0.1, 0.15) is 0 Å². The third-order valence-corrected chi connectivity index (χ3v) is 6.87. The second-order valence-electron chi connectivity index (χ2n) is 7.40. The molecule has 1 fully saturated rings. The van der Waals surface area contributed by atoms with E-state index in [4.69, 9.17) is 11.6 Å². The molecule has 162 valence electrons. The molecule has 0 spiro atoms. The van der Waals surface area contributed by atoms with E-state index in [9.17, 15) is 18.0 Å². The summed E-state index contributed by atoms with van der Waals surface area (Å²) in [5.41, 5.74) is 1.54. The summed E-state index contributed by atoms with van der Waals surface area (Å²) in [6.45, 7) is 2.46. The Morgan fingerprint density at radius 3 is 2.57 bits per heavy atom. The fourth-order valence-electron chi connectivity index (χ4n) is 3.36. The van der Waals surface area contributed by atoms with Crippen LogP contribution in [0.4, 0.5) is 4.79 Å². The second-order valence-corrected chi connectivity index (χ2v) is 10.2. The summed E-state index contributed by atoms with van der Waals surface area (Å²) in [6, 6.07) is 2.95. The number of carbonyl (C=O) groups is 2. The molecule has 1 atom stereocenters. The van der Waals surface area contributed by atoms with E-state index in [1.807, 2.05) is 13.0 Å². The Hall–Kier alpha value is -2.39. The summed E-state index contributed by atoms with van der Waals surface area (Å²) in [4.78, 5) is 32.3. The molecule has 1 aliphatic heterocycles. The number of hydrogen-bond acceptors (Lipinski definition) is 6. The van der Waals surface area contributed by atoms with Crippen molar-refractivity contribution in [2.75, 3.05) is 31.7 Å². The summed E-state index contributed by atoms with van der Waals surface area (Å²) in [6.07, 6.45) is 5.81. The van der Waals surface area contributed by atoms with Crippen LogP contribution in [-0.4, -0.2) is 66.9 Å². The van der Waals surface area contributed by atoms with E-state index in [-0.39, 0.29) is 43.1 Å². The van der Waals surface area contributed by atoms with Crippen LogP contribution in [0.25, 0.3) is 0 Å². The fourth-order valence-corrected chi connectivity index (χ4v) is 4.91. The first kappa shape index (κ1) is 22.3. The van der Waals surface area contributed by atoms with Gasteiger partial charge in [0, 0.05) is 30.0 Å². The first-order valence-corrected chi connectivity index (χ1v) is 11.8. The standard InChI is InChI=1S/C20H24ClN3O5S/c1-14-9-16(21)11-18(10-14)24(20(26)23-5-7-30(27,28)8-6-23)13-17-4-3-15(12-22-17)19(25)29-2/h3-4,10-12,14H,5-9,13H2,1-2H3. The van der Waals surface area contributed by atoms with Gasteiger partial charge in [-0.25, -0.2) is 18.0 Å². The zero-order valence-electron chi connectivity index (χ0n) is 16.9. The highest BCUT2D eigenvalue weighted by Crippen LogP contribution is 2.28. The highest BCUT2D eigenvalue weighted by molar-refractivity contribution is 7.91. The number of pyridine rings is 1. The molecule has 0 saturated carbocycles. The van der Waals surface area contributed by atoms with Crippen LogP contribution in [-0.2, 0) is 21.1 Å². The van der Waals surface area contributed by atoms with Crippen LogP contribution in [0.2, 0.25) is 0 Å². The molecule has 0 bridgehead atoms. The number of amides is 2. The molecule has 0 radical (unpaired) electrons. The first-order valence-electron chi connectivity index (χ1n) is 9.56. The Balaban J connectivity index is 1.86. The van der Waals surface area contributed by atoms with Gasteiger partial charge in [-0.2, -0.15) is 0 Å². The minimum absolute atomic E-state index is 0.0509. The highest BCUT2D eigenvalue weighted by atomic mass is 35.5. The van der Waals surface area contributed by atoms with Crippen LogP contribution in [0.5, 0.6) is 0 Å². The van der Waals surface area contributed by atoms with Gasteiger partial charge in [0.25, 0.3) is 0 Å². The van der Waals surface area contributed by atoms with Crippen LogP contribution in [0, 0.1) is 5.92 Å². The number of ether oxygens (including phenoxy) is 1. The van der Waals surface area contributed by atoms with E-state index in [2.05, 4.69) is 9.72 Å². The molecule has 2 amide bonds. The van der Waals surface area contributed by atoms with Crippen molar-refractivity contribution in [3.8, 4) is 0 Å². The third kappa shape index (κ3) is 5.40. The molecule has 1 saturated heterocycles. The van der Waals surface area contributed by atoms with Gasteiger partial charge in [0.15, 0.2) is 9.84 Å². The van der Waals surface area contributed by atoms with Gasteiger partial charge < -0.3 is 9.64 Å². The number of carbonyl (C=O) groups excluding carboxylic acids is 2. The maximum atomic E-state index is 13.3. The molecular weight excluding hydrogens is 430 g/mol. The number of rotatable bonds is 4. The van der Waals surface area contributed by atoms with E-state index < -0.39 is 15.8 Å². The lowest BCUT2D eigenvalue weighted by molar-refractivity contribution is 0.0600. The number of hydrogen-bond donors (Lipinski definition) is 0. The van der Waals surface area contributed by atoms with Crippen LogP contribution in [0.15, 0.2) is 41.2 Å². The van der Waals surface area contributed by atoms with E-state index in [1.165, 1.54) is 18.2 Å². The molecule has 8 nitrogen and oxygen atoms in total. The molecule has 10 heteroatoms. The maximum Gasteiger partial charge on any atom is 0.339 e. The number of esters is 1. The third-order valence-electron chi connectivity index (χ3n) is 5.00. The van der Waals surface area contributed by atoms with Crippen molar-refractivity contribution in [1.29, 1.82) is 0 Å². The van der Waals surface area contributed by atoms with Crippen molar-refractivity contribution in [1.82, 2.24) is 14.8 Å². The molecule has 2 aliphatic rings. The first-order chi connectivity index (χ1) is 14.2. The Morgan fingerprint density at radius 2 is 2.00 bits per heavy atom. The average Bonchev–Trinajstić information content (AvgIpc) is 2.70. The summed E-state index contributed by atoms with van der Waals surface area (Å²) >= 11 is 6.28. The van der Waals surface area contributed by atoms with Crippen molar-refractivity contribution in [3.63, 3.8) is 0 Å². The van der Waals surface area contributed by atoms with E-state index in [1.54, 1.807) is 23.1 Å². The van der Waals surface area contributed by atoms with Crippen LogP contribution >= 0.6 is 11.6 Å². The zero-order valence-corrected chi connectivity index (χ0v) is 18.4. The largest absolute Gasteiger partial charge is 0.465 e. The highest BCUT2D eigenvalue weighted by Gasteiger charge is 2.30. The number of nitrogens with zero attached hydrogens (tertiary/aromatic N) is 3. The second kappa shape index (κ2) is 9.18. The zero-order chi connectivity index (χ0) is 21.9. The summed E-state index contributed by atoms with van der Waals surface area (Å²) in [7, 11) is -1.81. The molecule has 30 heavy (non-hydrogen) atoms. The summed E-state index contributed by atoms with van der Waals surface area (Å²) in [5, 5.41) is 0.646. The van der Waals surface area contributed by atoms with Crippen LogP contribution < -0.4 is 0 Å². The number of halogens is 1. The van der Waals surface area contributed by atoms with Gasteiger partial charge in [-0.1, -0.05) is 24.6 Å². The molecular formula is C20H24ClN3O5S. The Morgan fingerprint density at radius 1 is 1.30 bits per heavy atom. The molecule has 2 heterocycles. The van der Waals surface area contributed by atoms with Crippen molar-refractivity contribution in [2.24, 2.45) is 5.92 Å². The minimum atomic E-state index is -3.11. The summed E-state index contributed by atoms with van der Waals surface area (Å²) in [5.74, 6) is -0.436. The lowest BCUT2D eigenvalue weighted by atomic mass is 10.0. The number of methoxy groups -OCH3 is 1. The van der Waals surface area contributed by atoms with E-state index >= 15 is 0 Å². The van der Waals surface area contributed by atoms with Gasteiger partial charge in [-0.15, -0.1) is 0 Å². The lowest BCUT2D eigenvalue weighted by Gasteiger charge is -2.34. The van der Waals surface area contributed by atoms with Gasteiger partial charge in [0.2, 0.25) is 0 Å². The fraction of sp³-hybridized carbons (Fsp3) is 0.450. The number of aromatic nitrogens is 1. The van der Waals surface area contributed by atoms with E-state index in [0.717, 1.165) is 0 Å². The average molecular weight is 454 g/mol. The van der Waals surface area contributed by atoms with Gasteiger partial charge in [0.05, 0.1) is 36.4 Å². The smallest absolute Gasteiger partial charge is 0.339 e. The van der Waals surface area contributed by atoms with Crippen molar-refractivity contribution >= 4 is 33.4 Å². The SMILES string of the molecule is COC(=O)c1ccc(CN(C(=O)N2CCS(=O)(=O)CC2)C2=CC(C)CC(Cl)=C2)nc1. The quantitative estimate of drug-likeness (QED) is 0.650. The molecule has 0 N–H and O–H groups in total. The van der Waals surface area contributed by atoms with Crippen LogP contribution in [0.1, 0.15) is 29.4 Å². The number of allylic oxidation sites excluding steroid dienone is 3. The number of urea groups is 1. The number of sulfone groups is 1. The van der Waals surface area contributed by atoms with E-state index in [0.29, 0.717) is 28.4 Å². The normalized spacial score (nSPS) is 20.8. The van der Waals surface area contributed by atoms with Gasteiger partial charge >= 0.3 is 12.0 Å². The molecule has 3 rings (SSSR count). The molecule has 1 unspecified atom stereocenters. The molecule has 1 aromatic rings. The molecule has 0 aromatic carbocycles. The maximum absolute atomic E-state index is 13.3. The van der Waals surface area contributed by atoms with Crippen molar-refractivity contribution in [2.45, 2.75) is 19.9 Å². The molecule has 1 aromatic heterocycles. The van der Waals surface area contributed by atoms with Crippen molar-refractivity contribution in [3.05, 3.63) is 52.5 Å². The Bertz CT molecular complexity index is 974. The minimum Gasteiger partial charge on any atom is -0.465 e. The predicted octanol–water partition coefficient (Wildman–Crippen LogP) is 2.57. The monoisotopic (exact) mass is 453 g/mol. The Kier molecular flexibility index (Phi) is 6.82. The van der Waals surface area contributed by atoms with Crippen molar-refractivity contribution < 1.29 is 22.7 Å². The predicted molar refractivity (Wildman–Crippen MR) is 113 cm³/mol. The molecule has 1 aliphatic carbocycles.